The van der Waals surface area contributed by atoms with Crippen LogP contribution in [0, 0.1) is 5.92 Å². The van der Waals surface area contributed by atoms with Gasteiger partial charge in [0.1, 0.15) is 23.5 Å². The van der Waals surface area contributed by atoms with Gasteiger partial charge in [0.15, 0.2) is 0 Å². The maximum absolute atomic E-state index is 5.95. The zero-order chi connectivity index (χ0) is 27.2. The topological polar surface area (TPSA) is 45.7 Å². The first kappa shape index (κ1) is 28.8. The fraction of sp³-hybridized carbons (Fsp3) is 0.324. The van der Waals surface area contributed by atoms with Crippen LogP contribution < -0.4 is 15.4 Å². The molecule has 200 valence electrons. The molecule has 0 aromatic heterocycles. The minimum absolute atomic E-state index is 0.0621. The lowest BCUT2D eigenvalue weighted by molar-refractivity contribution is 0.375. The Bertz CT molecular complexity index is 1180. The van der Waals surface area contributed by atoms with E-state index in [9.17, 15) is 0 Å². The number of aliphatic imine (C=N–C) groups is 1. The van der Waals surface area contributed by atoms with Crippen LogP contribution in [0.25, 0.3) is 0 Å². The van der Waals surface area contributed by atoms with Crippen molar-refractivity contribution >= 4 is 11.5 Å². The molecule has 2 N–H and O–H groups in total. The first-order chi connectivity index (χ1) is 18.6. The fourth-order valence-corrected chi connectivity index (χ4v) is 4.25. The van der Waals surface area contributed by atoms with Crippen molar-refractivity contribution in [2.75, 3.05) is 12.4 Å². The van der Waals surface area contributed by atoms with Gasteiger partial charge in [0.25, 0.3) is 0 Å². The van der Waals surface area contributed by atoms with Crippen molar-refractivity contribution in [3.8, 4) is 11.5 Å². The van der Waals surface area contributed by atoms with Crippen molar-refractivity contribution in [2.45, 2.75) is 58.5 Å². The van der Waals surface area contributed by atoms with Gasteiger partial charge in [-0.3, -0.25) is 4.99 Å². The van der Waals surface area contributed by atoms with E-state index in [4.69, 9.17) is 4.74 Å². The number of benzene rings is 3. The Balaban J connectivity index is 0.000000254. The lowest BCUT2D eigenvalue weighted by Gasteiger charge is -2.30. The second-order valence-corrected chi connectivity index (χ2v) is 9.59. The monoisotopic (exact) mass is 509 g/mol. The number of hydrogen-bond donors (Lipinski definition) is 2. The molecule has 3 aromatic carbocycles. The maximum atomic E-state index is 5.95. The third kappa shape index (κ3) is 8.37. The normalized spacial score (nSPS) is 16.6. The van der Waals surface area contributed by atoms with Crippen molar-refractivity contribution < 1.29 is 4.74 Å². The maximum Gasteiger partial charge on any atom is 0.131 e. The molecule has 1 heterocycles. The molecule has 0 saturated heterocycles. The lowest BCUT2D eigenvalue weighted by atomic mass is 9.80. The van der Waals surface area contributed by atoms with E-state index in [-0.39, 0.29) is 6.17 Å². The van der Waals surface area contributed by atoms with E-state index in [2.05, 4.69) is 60.8 Å². The molecule has 1 aliphatic carbocycles. The molecule has 1 aliphatic heterocycles. The predicted molar refractivity (Wildman–Crippen MR) is 163 cm³/mol. The van der Waals surface area contributed by atoms with E-state index in [1.54, 1.807) is 7.05 Å². The summed E-state index contributed by atoms with van der Waals surface area (Å²) in [5.74, 6) is 3.30. The van der Waals surface area contributed by atoms with Gasteiger partial charge in [-0.05, 0) is 60.7 Å². The average molecular weight is 510 g/mol. The molecule has 1 unspecified atom stereocenters. The largest absolute Gasteiger partial charge is 0.457 e. The predicted octanol–water partition coefficient (Wildman–Crippen LogP) is 9.29. The summed E-state index contributed by atoms with van der Waals surface area (Å²) in [7, 11) is 1.80. The molecule has 1 fully saturated rings. The van der Waals surface area contributed by atoms with Crippen LogP contribution in [0.5, 0.6) is 11.5 Å². The van der Waals surface area contributed by atoms with Crippen LogP contribution in [0.1, 0.15) is 69.7 Å². The summed E-state index contributed by atoms with van der Waals surface area (Å²) >= 11 is 0. The summed E-state index contributed by atoms with van der Waals surface area (Å²) in [6.45, 7) is 12.0. The Labute approximate surface area is 229 Å². The smallest absolute Gasteiger partial charge is 0.131 e. The number of amidine groups is 1. The van der Waals surface area contributed by atoms with Crippen LogP contribution in [0.2, 0.25) is 0 Å². The Morgan fingerprint density at radius 1 is 0.921 bits per heavy atom. The summed E-state index contributed by atoms with van der Waals surface area (Å²) < 4.78 is 5.95. The van der Waals surface area contributed by atoms with Crippen molar-refractivity contribution in [3.63, 3.8) is 0 Å². The highest BCUT2D eigenvalue weighted by Gasteiger charge is 2.22. The molecule has 4 nitrogen and oxygen atoms in total. The second kappa shape index (κ2) is 15.5. The zero-order valence-electron chi connectivity index (χ0n) is 23.2. The number of anilines is 1. The van der Waals surface area contributed by atoms with Crippen LogP contribution in [0.15, 0.2) is 109 Å². The van der Waals surface area contributed by atoms with E-state index in [1.165, 1.54) is 44.1 Å². The van der Waals surface area contributed by atoms with Gasteiger partial charge in [-0.25, -0.2) is 0 Å². The van der Waals surface area contributed by atoms with Gasteiger partial charge in [-0.2, -0.15) is 0 Å². The number of para-hydroxylation sites is 2. The van der Waals surface area contributed by atoms with E-state index >= 15 is 0 Å². The van der Waals surface area contributed by atoms with E-state index in [0.29, 0.717) is 0 Å². The molecule has 1 atom stereocenters. The Kier molecular flexibility index (Phi) is 11.7. The SMILES string of the molecule is C=CC(=C)C1CCC1.CCCCC.CN=C1NC(c2cccc(Oc3ccccc3)c2)Nc2ccccc21. The van der Waals surface area contributed by atoms with E-state index in [0.717, 1.165) is 40.1 Å². The second-order valence-electron chi connectivity index (χ2n) is 9.59. The average Bonchev–Trinajstić information content (AvgIpc) is 2.93. The highest BCUT2D eigenvalue weighted by Crippen LogP contribution is 2.32. The van der Waals surface area contributed by atoms with Crippen molar-refractivity contribution in [2.24, 2.45) is 10.9 Å². The standard InChI is InChI=1S/C21H19N3O.C8H12.C5H12/c1-22-21-18-12-5-6-13-19(18)23-20(24-21)15-8-7-11-17(14-15)25-16-9-3-2-4-10-16;1-3-7(2)8-5-4-6-8;1-3-5-4-2/h2-14,20,23H,1H3,(H,22,24);3,8H,1-2,4-6H2;3-5H2,1-2H3. The van der Waals surface area contributed by atoms with E-state index in [1.807, 2.05) is 66.7 Å². The number of fused-ring (bicyclic) bond motifs is 1. The first-order valence-electron chi connectivity index (χ1n) is 13.8. The number of ether oxygens (including phenoxy) is 1. The summed E-state index contributed by atoms with van der Waals surface area (Å²) in [5.41, 5.74) is 4.47. The summed E-state index contributed by atoms with van der Waals surface area (Å²) in [5, 5.41) is 6.97. The number of allylic oxidation sites excluding steroid dienone is 2. The zero-order valence-corrected chi connectivity index (χ0v) is 23.2. The van der Waals surface area contributed by atoms with Crippen molar-refractivity contribution in [1.29, 1.82) is 0 Å². The minimum Gasteiger partial charge on any atom is -0.457 e. The van der Waals surface area contributed by atoms with Crippen molar-refractivity contribution in [3.05, 3.63) is 115 Å². The molecule has 3 aromatic rings. The van der Waals surface area contributed by atoms with Gasteiger partial charge in [-0.1, -0.05) is 107 Å². The number of unbranched alkanes of at least 4 members (excludes halogenated alkanes) is 2. The number of rotatable bonds is 7. The molecule has 1 saturated carbocycles. The van der Waals surface area contributed by atoms with Crippen LogP contribution in [-0.2, 0) is 0 Å². The number of nitrogens with zero attached hydrogens (tertiary/aromatic N) is 1. The molecule has 0 amide bonds. The summed E-state index contributed by atoms with van der Waals surface area (Å²) in [4.78, 5) is 4.39. The van der Waals surface area contributed by atoms with Crippen LogP contribution in [0.4, 0.5) is 5.69 Å². The molecule has 38 heavy (non-hydrogen) atoms. The molecular formula is C34H43N3O. The van der Waals surface area contributed by atoms with Gasteiger partial charge in [-0.15, -0.1) is 0 Å². The van der Waals surface area contributed by atoms with Gasteiger partial charge in [0.2, 0.25) is 0 Å². The van der Waals surface area contributed by atoms with Gasteiger partial charge in [0, 0.05) is 18.3 Å². The van der Waals surface area contributed by atoms with E-state index < -0.39 is 0 Å². The third-order valence-corrected chi connectivity index (χ3v) is 6.76. The van der Waals surface area contributed by atoms with Gasteiger partial charge < -0.3 is 15.4 Å². The fourth-order valence-electron chi connectivity index (χ4n) is 4.25. The Morgan fingerprint density at radius 3 is 2.18 bits per heavy atom. The Morgan fingerprint density at radius 2 is 1.61 bits per heavy atom. The van der Waals surface area contributed by atoms with Gasteiger partial charge in [0.05, 0.1) is 0 Å². The van der Waals surface area contributed by atoms with Crippen LogP contribution in [-0.4, -0.2) is 12.9 Å². The quantitative estimate of drug-likeness (QED) is 0.312. The van der Waals surface area contributed by atoms with Crippen LogP contribution in [0.3, 0.4) is 0 Å². The van der Waals surface area contributed by atoms with Gasteiger partial charge >= 0.3 is 0 Å². The highest BCUT2D eigenvalue weighted by molar-refractivity contribution is 6.05. The lowest BCUT2D eigenvalue weighted by Crippen LogP contribution is -2.39. The Hall–Kier alpha value is -3.79. The molecular weight excluding hydrogens is 466 g/mol. The molecule has 4 heteroatoms. The van der Waals surface area contributed by atoms with Crippen LogP contribution >= 0.6 is 0 Å². The summed E-state index contributed by atoms with van der Waals surface area (Å²) in [6.07, 6.45) is 9.96. The summed E-state index contributed by atoms with van der Waals surface area (Å²) in [6, 6.07) is 26.0. The third-order valence-electron chi connectivity index (χ3n) is 6.76. The molecule has 0 bridgehead atoms. The molecule has 5 rings (SSSR count). The number of hydrogen-bond acceptors (Lipinski definition) is 3. The first-order valence-corrected chi connectivity index (χ1v) is 13.8. The molecule has 0 radical (unpaired) electrons. The minimum atomic E-state index is -0.0621. The number of nitrogens with one attached hydrogen (secondary N) is 2. The highest BCUT2D eigenvalue weighted by atomic mass is 16.5. The molecule has 2 aliphatic rings. The molecule has 0 spiro atoms. The van der Waals surface area contributed by atoms with Crippen molar-refractivity contribution in [1.82, 2.24) is 5.32 Å².